The van der Waals surface area contributed by atoms with Crippen LogP contribution in [0.5, 0.6) is 0 Å². The van der Waals surface area contributed by atoms with Crippen LogP contribution >= 0.6 is 15.9 Å². The molecule has 6 heteroatoms. The molecular weight excluding hydrogens is 385 g/mol. The summed E-state index contributed by atoms with van der Waals surface area (Å²) in [6, 6.07) is 9.99. The molecular formula is C18H22BrF3O2. The van der Waals surface area contributed by atoms with E-state index in [9.17, 15) is 18.0 Å². The number of esters is 1. The van der Waals surface area contributed by atoms with Crippen LogP contribution in [-0.4, -0.2) is 22.6 Å². The second-order valence-corrected chi connectivity index (χ2v) is 7.34. The van der Waals surface area contributed by atoms with Crippen LogP contribution in [-0.2, 0) is 16.0 Å². The molecule has 0 heterocycles. The first kappa shape index (κ1) is 20.7. The van der Waals surface area contributed by atoms with Crippen LogP contribution in [0.15, 0.2) is 42.0 Å². The van der Waals surface area contributed by atoms with Gasteiger partial charge in [-0.15, -0.1) is 0 Å². The van der Waals surface area contributed by atoms with Gasteiger partial charge in [0.15, 0.2) is 0 Å². The van der Waals surface area contributed by atoms with Crippen LogP contribution in [0.25, 0.3) is 0 Å². The summed E-state index contributed by atoms with van der Waals surface area (Å²) in [4.78, 5) is 10.6. The average molecular weight is 407 g/mol. The third-order valence-corrected chi connectivity index (χ3v) is 5.22. The largest absolute Gasteiger partial charge is 0.490 e. The fraction of sp³-hybridized carbons (Fsp3) is 0.500. The minimum Gasteiger partial charge on any atom is -0.452 e. The number of alkyl halides is 4. The van der Waals surface area contributed by atoms with Gasteiger partial charge in [-0.3, -0.25) is 0 Å². The molecule has 24 heavy (non-hydrogen) atoms. The first-order valence-electron chi connectivity index (χ1n) is 7.66. The molecule has 134 valence electrons. The highest BCUT2D eigenvalue weighted by Crippen LogP contribution is 2.30. The summed E-state index contributed by atoms with van der Waals surface area (Å²) in [6.07, 6.45) is -0.795. The monoisotopic (exact) mass is 406 g/mol. The third kappa shape index (κ3) is 7.07. The van der Waals surface area contributed by atoms with Crippen LogP contribution in [0.3, 0.4) is 0 Å². The Morgan fingerprint density at radius 3 is 2.38 bits per heavy atom. The molecule has 0 aliphatic heterocycles. The number of carbonyl (C=O) groups is 1. The molecule has 2 nitrogen and oxygen atoms in total. The minimum absolute atomic E-state index is 0.378. The van der Waals surface area contributed by atoms with Gasteiger partial charge in [-0.25, -0.2) is 4.79 Å². The lowest BCUT2D eigenvalue weighted by molar-refractivity contribution is -0.211. The molecule has 0 aromatic heterocycles. The smallest absolute Gasteiger partial charge is 0.452 e. The number of ether oxygens (including phenoxy) is 1. The summed E-state index contributed by atoms with van der Waals surface area (Å²) in [5.41, 5.74) is 1.10. The second-order valence-electron chi connectivity index (χ2n) is 6.24. The van der Waals surface area contributed by atoms with Crippen LogP contribution in [0.2, 0.25) is 0 Å². The SMILES string of the molecule is C/C(=C\Cc1ccccc1)CCC(Br)C(C)(C)OC(=O)C(F)(F)F. The van der Waals surface area contributed by atoms with Gasteiger partial charge in [0.05, 0.1) is 4.83 Å². The molecule has 0 spiro atoms. The van der Waals surface area contributed by atoms with E-state index in [2.05, 4.69) is 26.7 Å². The van der Waals surface area contributed by atoms with Gasteiger partial charge in [-0.05, 0) is 45.6 Å². The van der Waals surface area contributed by atoms with Crippen molar-refractivity contribution in [3.63, 3.8) is 0 Å². The predicted molar refractivity (Wildman–Crippen MR) is 92.1 cm³/mol. The highest BCUT2D eigenvalue weighted by atomic mass is 79.9. The van der Waals surface area contributed by atoms with Crippen molar-refractivity contribution in [1.29, 1.82) is 0 Å². The highest BCUT2D eigenvalue weighted by molar-refractivity contribution is 9.09. The average Bonchev–Trinajstić information content (AvgIpc) is 2.50. The molecule has 1 atom stereocenters. The van der Waals surface area contributed by atoms with E-state index in [0.29, 0.717) is 12.8 Å². The topological polar surface area (TPSA) is 26.3 Å². The van der Waals surface area contributed by atoms with Gasteiger partial charge in [0.25, 0.3) is 0 Å². The van der Waals surface area contributed by atoms with Crippen molar-refractivity contribution in [2.75, 3.05) is 0 Å². The zero-order valence-corrected chi connectivity index (χ0v) is 15.6. The molecule has 0 aliphatic rings. The Hall–Kier alpha value is -1.30. The van der Waals surface area contributed by atoms with Crippen molar-refractivity contribution in [3.05, 3.63) is 47.5 Å². The zero-order chi connectivity index (χ0) is 18.4. The highest BCUT2D eigenvalue weighted by Gasteiger charge is 2.45. The lowest BCUT2D eigenvalue weighted by Gasteiger charge is -2.30. The zero-order valence-electron chi connectivity index (χ0n) is 14.0. The number of halogens is 4. The normalized spacial score (nSPS) is 14.4. The van der Waals surface area contributed by atoms with Crippen molar-refractivity contribution >= 4 is 21.9 Å². The number of hydrogen-bond donors (Lipinski definition) is 0. The van der Waals surface area contributed by atoms with Gasteiger partial charge < -0.3 is 4.74 Å². The van der Waals surface area contributed by atoms with Crippen LogP contribution in [0, 0.1) is 0 Å². The summed E-state index contributed by atoms with van der Waals surface area (Å²) in [6.45, 7) is 4.93. The minimum atomic E-state index is -4.98. The van der Waals surface area contributed by atoms with Crippen molar-refractivity contribution in [1.82, 2.24) is 0 Å². The number of carbonyl (C=O) groups excluding carboxylic acids is 1. The molecule has 1 rings (SSSR count). The van der Waals surface area contributed by atoms with Crippen molar-refractivity contribution < 1.29 is 22.7 Å². The summed E-state index contributed by atoms with van der Waals surface area (Å²) < 4.78 is 41.6. The summed E-state index contributed by atoms with van der Waals surface area (Å²) in [5, 5.41) is 0. The molecule has 0 amide bonds. The standard InChI is InChI=1S/C18H22BrF3O2/c1-13(9-11-14-7-5-4-6-8-14)10-12-15(19)17(2,3)24-16(23)18(20,21)22/h4-9,15H,10-12H2,1-3H3/b13-9+. The molecule has 0 radical (unpaired) electrons. The summed E-state index contributed by atoms with van der Waals surface area (Å²) in [7, 11) is 0. The Morgan fingerprint density at radius 1 is 1.25 bits per heavy atom. The number of allylic oxidation sites excluding steroid dienone is 2. The quantitative estimate of drug-likeness (QED) is 0.334. The van der Waals surface area contributed by atoms with Gasteiger partial charge >= 0.3 is 12.1 Å². The Morgan fingerprint density at radius 2 is 1.83 bits per heavy atom. The first-order valence-corrected chi connectivity index (χ1v) is 8.57. The maximum absolute atomic E-state index is 12.3. The van der Waals surface area contributed by atoms with Crippen molar-refractivity contribution in [3.8, 4) is 0 Å². The molecule has 0 aliphatic carbocycles. The second kappa shape index (κ2) is 8.70. The number of benzene rings is 1. The molecule has 0 saturated heterocycles. The third-order valence-electron chi connectivity index (χ3n) is 3.66. The number of hydrogen-bond acceptors (Lipinski definition) is 2. The fourth-order valence-electron chi connectivity index (χ4n) is 2.07. The Balaban J connectivity index is 2.51. The molecule has 0 fully saturated rings. The van der Waals surface area contributed by atoms with E-state index in [4.69, 9.17) is 0 Å². The van der Waals surface area contributed by atoms with E-state index >= 15 is 0 Å². The van der Waals surface area contributed by atoms with Crippen LogP contribution in [0.1, 0.15) is 39.2 Å². The van der Waals surface area contributed by atoms with Crippen LogP contribution in [0.4, 0.5) is 13.2 Å². The molecule has 0 bridgehead atoms. The van der Waals surface area contributed by atoms with E-state index in [1.54, 1.807) is 0 Å². The van der Waals surface area contributed by atoms with E-state index in [-0.39, 0.29) is 4.83 Å². The first-order chi connectivity index (χ1) is 11.0. The molecule has 1 aromatic carbocycles. The van der Waals surface area contributed by atoms with E-state index in [1.807, 2.05) is 37.3 Å². The number of rotatable bonds is 7. The van der Waals surface area contributed by atoms with Gasteiger partial charge in [-0.2, -0.15) is 13.2 Å². The van der Waals surface area contributed by atoms with Crippen molar-refractivity contribution in [2.24, 2.45) is 0 Å². The maximum Gasteiger partial charge on any atom is 0.490 e. The van der Waals surface area contributed by atoms with E-state index in [1.165, 1.54) is 19.4 Å². The predicted octanol–water partition coefficient (Wildman–Crippen LogP) is 5.60. The molecule has 0 N–H and O–H groups in total. The molecule has 0 saturated carbocycles. The summed E-state index contributed by atoms with van der Waals surface area (Å²) in [5.74, 6) is -2.16. The Bertz CT molecular complexity index is 565. The summed E-state index contributed by atoms with van der Waals surface area (Å²) >= 11 is 3.35. The lowest BCUT2D eigenvalue weighted by Crippen LogP contribution is -2.41. The lowest BCUT2D eigenvalue weighted by atomic mass is 9.98. The van der Waals surface area contributed by atoms with Crippen LogP contribution < -0.4 is 0 Å². The van der Waals surface area contributed by atoms with Gasteiger partial charge in [0, 0.05) is 0 Å². The van der Waals surface area contributed by atoms with Crippen molar-refractivity contribution in [2.45, 2.75) is 56.6 Å². The van der Waals surface area contributed by atoms with Gasteiger partial charge in [0.1, 0.15) is 5.60 Å². The van der Waals surface area contributed by atoms with Gasteiger partial charge in [0.2, 0.25) is 0 Å². The molecule has 1 aromatic rings. The van der Waals surface area contributed by atoms with E-state index < -0.39 is 17.7 Å². The Kier molecular flexibility index (Phi) is 7.52. The fourth-order valence-corrected chi connectivity index (χ4v) is 2.39. The van der Waals surface area contributed by atoms with Gasteiger partial charge in [-0.1, -0.05) is 57.9 Å². The maximum atomic E-state index is 12.3. The molecule has 1 unspecified atom stereocenters. The van der Waals surface area contributed by atoms with E-state index in [0.717, 1.165) is 12.0 Å². The Labute approximate surface area is 149 Å².